The first-order valence-corrected chi connectivity index (χ1v) is 14.0. The number of anilines is 1. The van der Waals surface area contributed by atoms with Gasteiger partial charge in [0, 0.05) is 48.6 Å². The van der Waals surface area contributed by atoms with Gasteiger partial charge in [-0.3, -0.25) is 14.6 Å². The number of hydrogen-bond acceptors (Lipinski definition) is 6. The number of aryl methyl sites for hydroxylation is 1. The average molecular weight is 566 g/mol. The third-order valence-electron chi connectivity index (χ3n) is 6.91. The van der Waals surface area contributed by atoms with Gasteiger partial charge in [-0.1, -0.05) is 60.7 Å². The molecular weight excluding hydrogens is 530 g/mol. The van der Waals surface area contributed by atoms with Gasteiger partial charge in [0.1, 0.15) is 18.4 Å². The van der Waals surface area contributed by atoms with Crippen molar-refractivity contribution in [2.45, 2.75) is 32.2 Å². The summed E-state index contributed by atoms with van der Waals surface area (Å²) in [6.07, 6.45) is 4.76. The Morgan fingerprint density at radius 1 is 0.905 bits per heavy atom. The van der Waals surface area contributed by atoms with Crippen LogP contribution in [0.4, 0.5) is 5.69 Å². The van der Waals surface area contributed by atoms with Gasteiger partial charge in [0.25, 0.3) is 0 Å². The number of hydrogen-bond donors (Lipinski definition) is 2. The van der Waals surface area contributed by atoms with Crippen molar-refractivity contribution in [2.75, 3.05) is 25.0 Å². The minimum atomic E-state index is -1.02. The summed E-state index contributed by atoms with van der Waals surface area (Å²) in [6, 6.07) is 25.9. The number of para-hydroxylation sites is 1. The summed E-state index contributed by atoms with van der Waals surface area (Å²) in [7, 11) is 0. The molecule has 0 saturated heterocycles. The number of nitrogens with one attached hydrogen (secondary N) is 1. The second kappa shape index (κ2) is 15.1. The van der Waals surface area contributed by atoms with E-state index in [4.69, 9.17) is 4.74 Å². The molecule has 4 rings (SSSR count). The zero-order valence-corrected chi connectivity index (χ0v) is 23.6. The summed E-state index contributed by atoms with van der Waals surface area (Å²) in [5.41, 5.74) is 3.24. The summed E-state index contributed by atoms with van der Waals surface area (Å²) >= 11 is 0. The van der Waals surface area contributed by atoms with Gasteiger partial charge in [-0.15, -0.1) is 0 Å². The largest absolute Gasteiger partial charge is 0.492 e. The van der Waals surface area contributed by atoms with Crippen molar-refractivity contribution in [3.63, 3.8) is 0 Å². The molecule has 8 nitrogen and oxygen atoms in total. The molecule has 2 N–H and O–H groups in total. The smallest absolute Gasteiger partial charge is 0.326 e. The molecule has 4 aromatic rings. The number of pyridine rings is 1. The van der Waals surface area contributed by atoms with Crippen molar-refractivity contribution in [1.82, 2.24) is 9.88 Å². The third kappa shape index (κ3) is 8.51. The number of likely N-dealkylation sites (N-methyl/N-ethyl adjacent to an activating group) is 1. The standard InChI is InChI=1S/C34H35N3O5/c1-2-37(32(38)19-16-26-9-8-20-35-24-26)21-22-42-28-17-14-25(15-18-28)23-31(34(40)41)36-30-13-7-6-12-29(30)33(39)27-10-4-3-5-11-27/h3-15,17-18,20,24,31,36H,2,16,19,21-23H2,1H3,(H,40,41)/t31-/m0/s1. The average Bonchev–Trinajstić information content (AvgIpc) is 3.03. The van der Waals surface area contributed by atoms with Crippen LogP contribution in [0.15, 0.2) is 103 Å². The number of nitrogens with zero attached hydrogens (tertiary/aromatic N) is 2. The van der Waals surface area contributed by atoms with Crippen LogP contribution in [0.3, 0.4) is 0 Å². The number of carbonyl (C=O) groups is 3. The molecule has 0 bridgehead atoms. The van der Waals surface area contributed by atoms with E-state index in [1.807, 2.05) is 37.3 Å². The van der Waals surface area contributed by atoms with Gasteiger partial charge in [0.2, 0.25) is 5.91 Å². The molecule has 0 unspecified atom stereocenters. The number of carboxylic acids is 1. The lowest BCUT2D eigenvalue weighted by Crippen LogP contribution is -2.34. The Morgan fingerprint density at radius 2 is 1.64 bits per heavy atom. The van der Waals surface area contributed by atoms with Crippen LogP contribution in [0, 0.1) is 0 Å². The minimum absolute atomic E-state index is 0.0690. The molecular formula is C34H35N3O5. The van der Waals surface area contributed by atoms with E-state index in [0.29, 0.717) is 55.1 Å². The summed E-state index contributed by atoms with van der Waals surface area (Å²) < 4.78 is 5.87. The zero-order chi connectivity index (χ0) is 29.7. The number of amides is 1. The number of aliphatic carboxylic acids is 1. The Labute approximate surface area is 246 Å². The maximum absolute atomic E-state index is 13.1. The highest BCUT2D eigenvalue weighted by Crippen LogP contribution is 2.22. The Hall–Kier alpha value is -4.98. The first kappa shape index (κ1) is 30.0. The van der Waals surface area contributed by atoms with Crippen LogP contribution >= 0.6 is 0 Å². The molecule has 3 aromatic carbocycles. The van der Waals surface area contributed by atoms with E-state index < -0.39 is 12.0 Å². The number of rotatable bonds is 15. The highest BCUT2D eigenvalue weighted by molar-refractivity contribution is 6.12. The second-order valence-electron chi connectivity index (χ2n) is 9.81. The van der Waals surface area contributed by atoms with E-state index in [1.165, 1.54) is 0 Å². The first-order chi connectivity index (χ1) is 20.4. The molecule has 0 spiro atoms. The molecule has 0 aliphatic carbocycles. The normalized spacial score (nSPS) is 11.4. The van der Waals surface area contributed by atoms with Gasteiger partial charge >= 0.3 is 5.97 Å². The molecule has 1 aromatic heterocycles. The zero-order valence-electron chi connectivity index (χ0n) is 23.6. The first-order valence-electron chi connectivity index (χ1n) is 14.0. The topological polar surface area (TPSA) is 109 Å². The molecule has 42 heavy (non-hydrogen) atoms. The van der Waals surface area contributed by atoms with E-state index in [9.17, 15) is 19.5 Å². The fourth-order valence-electron chi connectivity index (χ4n) is 4.59. The Kier molecular flexibility index (Phi) is 10.8. The Bertz CT molecular complexity index is 1460. The number of benzene rings is 3. The maximum atomic E-state index is 13.1. The van der Waals surface area contributed by atoms with E-state index in [2.05, 4.69) is 10.3 Å². The van der Waals surface area contributed by atoms with Crippen molar-refractivity contribution in [3.8, 4) is 5.75 Å². The molecule has 0 aliphatic heterocycles. The van der Waals surface area contributed by atoms with Crippen LogP contribution in [0.1, 0.15) is 40.4 Å². The van der Waals surface area contributed by atoms with Crippen molar-refractivity contribution < 1.29 is 24.2 Å². The van der Waals surface area contributed by atoms with E-state index in [0.717, 1.165) is 11.1 Å². The van der Waals surface area contributed by atoms with Gasteiger partial charge in [-0.05, 0) is 54.8 Å². The number of carboxylic acid groups (broad SMARTS) is 1. The van der Waals surface area contributed by atoms with E-state index in [-0.39, 0.29) is 18.1 Å². The SMILES string of the molecule is CCN(CCOc1ccc(C[C@H](Nc2ccccc2C(=O)c2ccccc2)C(=O)O)cc1)C(=O)CCc1cccnc1. The van der Waals surface area contributed by atoms with Gasteiger partial charge in [-0.25, -0.2) is 4.79 Å². The molecule has 1 heterocycles. The van der Waals surface area contributed by atoms with Crippen LogP contribution in [0.25, 0.3) is 0 Å². The molecule has 0 fully saturated rings. The highest BCUT2D eigenvalue weighted by Gasteiger charge is 2.21. The number of carbonyl (C=O) groups excluding carboxylic acids is 2. The third-order valence-corrected chi connectivity index (χ3v) is 6.91. The van der Waals surface area contributed by atoms with Crippen LogP contribution in [-0.2, 0) is 22.4 Å². The summed E-state index contributed by atoms with van der Waals surface area (Å²) in [6.45, 7) is 3.35. The molecule has 1 amide bonds. The van der Waals surface area contributed by atoms with Gasteiger partial charge in [0.05, 0.1) is 6.54 Å². The summed E-state index contributed by atoms with van der Waals surface area (Å²) in [5.74, 6) is -0.498. The number of aromatic nitrogens is 1. The predicted octanol–water partition coefficient (Wildman–Crippen LogP) is 5.28. The lowest BCUT2D eigenvalue weighted by molar-refractivity contribution is -0.138. The molecule has 0 aliphatic rings. The lowest BCUT2D eigenvalue weighted by Gasteiger charge is -2.21. The summed E-state index contributed by atoms with van der Waals surface area (Å²) in [4.78, 5) is 43.7. The molecule has 216 valence electrons. The van der Waals surface area contributed by atoms with Crippen LogP contribution in [0.2, 0.25) is 0 Å². The van der Waals surface area contributed by atoms with Crippen molar-refractivity contribution in [2.24, 2.45) is 0 Å². The lowest BCUT2D eigenvalue weighted by atomic mass is 10.00. The molecule has 8 heteroatoms. The molecule has 0 saturated carbocycles. The van der Waals surface area contributed by atoms with Gasteiger partial charge in [-0.2, -0.15) is 0 Å². The van der Waals surface area contributed by atoms with Crippen LogP contribution in [-0.4, -0.2) is 58.4 Å². The van der Waals surface area contributed by atoms with Crippen LogP contribution in [0.5, 0.6) is 5.75 Å². The maximum Gasteiger partial charge on any atom is 0.326 e. The van der Waals surface area contributed by atoms with Crippen LogP contribution < -0.4 is 10.1 Å². The van der Waals surface area contributed by atoms with Gasteiger partial charge in [0.15, 0.2) is 5.78 Å². The fourth-order valence-corrected chi connectivity index (χ4v) is 4.59. The van der Waals surface area contributed by atoms with Gasteiger partial charge < -0.3 is 20.1 Å². The van der Waals surface area contributed by atoms with Crippen molar-refractivity contribution >= 4 is 23.3 Å². The highest BCUT2D eigenvalue weighted by atomic mass is 16.5. The minimum Gasteiger partial charge on any atom is -0.492 e. The second-order valence-corrected chi connectivity index (χ2v) is 9.81. The predicted molar refractivity (Wildman–Crippen MR) is 162 cm³/mol. The summed E-state index contributed by atoms with van der Waals surface area (Å²) in [5, 5.41) is 13.0. The van der Waals surface area contributed by atoms with Crippen molar-refractivity contribution in [3.05, 3.63) is 126 Å². The monoisotopic (exact) mass is 565 g/mol. The number of ether oxygens (including phenoxy) is 1. The quantitative estimate of drug-likeness (QED) is 0.189. The Morgan fingerprint density at radius 3 is 2.33 bits per heavy atom. The molecule has 0 radical (unpaired) electrons. The van der Waals surface area contributed by atoms with E-state index in [1.54, 1.807) is 78.0 Å². The van der Waals surface area contributed by atoms with Crippen molar-refractivity contribution in [1.29, 1.82) is 0 Å². The number of ketones is 1. The van der Waals surface area contributed by atoms with E-state index >= 15 is 0 Å². The molecule has 1 atom stereocenters. The Balaban J connectivity index is 1.30. The fraction of sp³-hybridized carbons (Fsp3) is 0.235.